The van der Waals surface area contributed by atoms with Gasteiger partial charge in [0.05, 0.1) is 22.6 Å². The van der Waals surface area contributed by atoms with Gasteiger partial charge in [-0.1, -0.05) is 32.0 Å². The molecule has 0 amide bonds. The third-order valence-corrected chi connectivity index (χ3v) is 5.17. The molecular formula is C23H24FN3O. The topological polar surface area (TPSA) is 57.8 Å². The van der Waals surface area contributed by atoms with Gasteiger partial charge in [-0.3, -0.25) is 9.78 Å². The van der Waals surface area contributed by atoms with Gasteiger partial charge in [-0.2, -0.15) is 0 Å². The summed E-state index contributed by atoms with van der Waals surface area (Å²) >= 11 is 0. The first-order valence-electron chi connectivity index (χ1n) is 9.54. The highest BCUT2D eigenvalue weighted by Crippen LogP contribution is 2.43. The van der Waals surface area contributed by atoms with Crippen LogP contribution in [0.25, 0.3) is 11.3 Å². The quantitative estimate of drug-likeness (QED) is 0.586. The molecule has 0 fully saturated rings. The molecule has 0 saturated carbocycles. The second kappa shape index (κ2) is 6.89. The molecule has 1 aliphatic carbocycles. The highest BCUT2D eigenvalue weighted by Gasteiger charge is 2.35. The van der Waals surface area contributed by atoms with E-state index in [4.69, 9.17) is 0 Å². The molecule has 0 saturated heterocycles. The summed E-state index contributed by atoms with van der Waals surface area (Å²) in [5.74, 6) is 0.125. The summed E-state index contributed by atoms with van der Waals surface area (Å²) in [6.07, 6.45) is 1.74. The monoisotopic (exact) mass is 377 g/mol. The van der Waals surface area contributed by atoms with Crippen LogP contribution in [0, 0.1) is 5.41 Å². The molecule has 0 spiro atoms. The number of rotatable bonds is 4. The number of pyridine rings is 1. The maximum absolute atomic E-state index is 13.8. The summed E-state index contributed by atoms with van der Waals surface area (Å²) in [6.45, 7) is 5.68. The summed E-state index contributed by atoms with van der Waals surface area (Å²) in [5.41, 5.74) is 5.19. The minimum atomic E-state index is -1.16. The summed E-state index contributed by atoms with van der Waals surface area (Å²) in [5, 5.41) is 3.42. The Hall–Kier alpha value is -2.95. The second-order valence-corrected chi connectivity index (χ2v) is 8.25. The number of hydrogen-bond acceptors (Lipinski definition) is 3. The Morgan fingerprint density at radius 3 is 2.64 bits per heavy atom. The van der Waals surface area contributed by atoms with Crippen LogP contribution in [0.2, 0.25) is 0 Å². The van der Waals surface area contributed by atoms with E-state index < -0.39 is 6.17 Å². The first-order chi connectivity index (χ1) is 13.3. The number of aromatic amines is 1. The fourth-order valence-corrected chi connectivity index (χ4v) is 3.88. The first-order valence-corrected chi connectivity index (χ1v) is 9.54. The molecule has 1 aliphatic rings. The molecule has 4 rings (SSSR count). The Morgan fingerprint density at radius 1 is 1.18 bits per heavy atom. The zero-order valence-electron chi connectivity index (χ0n) is 16.3. The van der Waals surface area contributed by atoms with Gasteiger partial charge in [0.1, 0.15) is 6.17 Å². The van der Waals surface area contributed by atoms with Crippen LogP contribution >= 0.6 is 0 Å². The molecule has 1 unspecified atom stereocenters. The molecule has 2 heterocycles. The number of hydrogen-bond donors (Lipinski definition) is 2. The van der Waals surface area contributed by atoms with Crippen molar-refractivity contribution in [2.75, 3.05) is 5.32 Å². The third-order valence-electron chi connectivity index (χ3n) is 5.17. The number of H-pyrrole nitrogens is 1. The van der Waals surface area contributed by atoms with Crippen LogP contribution in [0.15, 0.2) is 48.7 Å². The van der Waals surface area contributed by atoms with Crippen LogP contribution in [0.5, 0.6) is 0 Å². The van der Waals surface area contributed by atoms with E-state index in [1.54, 1.807) is 12.3 Å². The zero-order valence-corrected chi connectivity index (χ0v) is 16.3. The van der Waals surface area contributed by atoms with Crippen molar-refractivity contribution in [1.29, 1.82) is 0 Å². The molecule has 2 N–H and O–H groups in total. The first kappa shape index (κ1) is 18.4. The largest absolute Gasteiger partial charge is 0.356 e. The molecule has 0 aliphatic heterocycles. The summed E-state index contributed by atoms with van der Waals surface area (Å²) in [4.78, 5) is 20.6. The Kier molecular flexibility index (Phi) is 4.53. The van der Waals surface area contributed by atoms with E-state index in [9.17, 15) is 9.18 Å². The number of alkyl halides is 1. The van der Waals surface area contributed by atoms with Crippen LogP contribution in [-0.2, 0) is 6.42 Å². The number of anilines is 2. The molecule has 28 heavy (non-hydrogen) atoms. The zero-order chi connectivity index (χ0) is 19.9. The Morgan fingerprint density at radius 2 is 1.93 bits per heavy atom. The van der Waals surface area contributed by atoms with Crippen molar-refractivity contribution < 1.29 is 9.18 Å². The number of Topliss-reactive ketones (excluding diaryl/α,β-unsaturated/α-hetero) is 1. The van der Waals surface area contributed by atoms with E-state index in [0.717, 1.165) is 34.7 Å². The van der Waals surface area contributed by atoms with Gasteiger partial charge in [0.2, 0.25) is 0 Å². The van der Waals surface area contributed by atoms with E-state index in [1.165, 1.54) is 6.92 Å². The Balaban J connectivity index is 1.88. The van der Waals surface area contributed by atoms with E-state index in [2.05, 4.69) is 29.1 Å². The van der Waals surface area contributed by atoms with Crippen molar-refractivity contribution in [2.24, 2.45) is 5.41 Å². The van der Waals surface area contributed by atoms with Crippen LogP contribution in [0.3, 0.4) is 0 Å². The maximum Gasteiger partial charge on any atom is 0.167 e. The van der Waals surface area contributed by atoms with Gasteiger partial charge in [-0.15, -0.1) is 0 Å². The molecular weight excluding hydrogens is 353 g/mol. The summed E-state index contributed by atoms with van der Waals surface area (Å²) in [6, 6.07) is 13.3. The van der Waals surface area contributed by atoms with E-state index >= 15 is 0 Å². The molecule has 4 nitrogen and oxygen atoms in total. The third kappa shape index (κ3) is 3.44. The van der Waals surface area contributed by atoms with E-state index in [0.29, 0.717) is 17.7 Å². The minimum absolute atomic E-state index is 0.0902. The average molecular weight is 377 g/mol. The molecule has 0 bridgehead atoms. The predicted octanol–water partition coefficient (Wildman–Crippen LogP) is 6.01. The van der Waals surface area contributed by atoms with Gasteiger partial charge in [0, 0.05) is 29.6 Å². The van der Waals surface area contributed by atoms with Crippen LogP contribution < -0.4 is 5.32 Å². The minimum Gasteiger partial charge on any atom is -0.356 e. The molecule has 144 valence electrons. The second-order valence-electron chi connectivity index (χ2n) is 8.25. The number of aromatic nitrogens is 2. The molecule has 5 heteroatoms. The number of nitrogens with zero attached hydrogens (tertiary/aromatic N) is 1. The molecule has 3 aromatic rings. The number of fused-ring (bicyclic) bond motifs is 1. The fraction of sp³-hybridized carbons (Fsp3) is 0.304. The Bertz CT molecular complexity index is 1020. The van der Waals surface area contributed by atoms with Crippen molar-refractivity contribution in [3.05, 3.63) is 65.6 Å². The lowest BCUT2D eigenvalue weighted by atomic mass is 9.76. The van der Waals surface area contributed by atoms with Crippen LogP contribution in [0.4, 0.5) is 15.8 Å². The van der Waals surface area contributed by atoms with Crippen molar-refractivity contribution in [3.8, 4) is 11.3 Å². The predicted molar refractivity (Wildman–Crippen MR) is 110 cm³/mol. The van der Waals surface area contributed by atoms with E-state index in [1.807, 2.05) is 36.4 Å². The van der Waals surface area contributed by atoms with Crippen molar-refractivity contribution in [1.82, 2.24) is 9.97 Å². The normalized spacial score (nSPS) is 16.5. The number of ketones is 1. The van der Waals surface area contributed by atoms with Gasteiger partial charge in [0.15, 0.2) is 5.78 Å². The van der Waals surface area contributed by atoms with Gasteiger partial charge in [-0.05, 0) is 43.0 Å². The molecule has 1 aromatic carbocycles. The summed E-state index contributed by atoms with van der Waals surface area (Å²) in [7, 11) is 0. The standard InChI is InChI=1S/C23H24FN3O/c1-14(24)17-11-15(9-10-25-17)21-22(26-16-7-5-4-6-8-16)20-18(27-21)12-23(2,3)13-19(20)28/h4-11,14,26-27H,12-13H2,1-3H3. The average Bonchev–Trinajstić information content (AvgIpc) is 2.99. The smallest absolute Gasteiger partial charge is 0.167 e. The van der Waals surface area contributed by atoms with Crippen molar-refractivity contribution in [2.45, 2.75) is 39.8 Å². The van der Waals surface area contributed by atoms with Gasteiger partial charge < -0.3 is 10.3 Å². The number of para-hydroxylation sites is 1. The Labute approximate surface area is 164 Å². The SMILES string of the molecule is CC(F)c1cc(-c2[nH]c3c(c2Nc2ccccc2)C(=O)CC(C)(C)C3)ccn1. The lowest BCUT2D eigenvalue weighted by Gasteiger charge is -2.28. The lowest BCUT2D eigenvalue weighted by Crippen LogP contribution is -2.26. The van der Waals surface area contributed by atoms with Crippen LogP contribution in [-0.4, -0.2) is 15.8 Å². The summed E-state index contributed by atoms with van der Waals surface area (Å²) < 4.78 is 13.8. The molecule has 1 atom stereocenters. The number of nitrogens with one attached hydrogen (secondary N) is 2. The van der Waals surface area contributed by atoms with Crippen LogP contribution in [0.1, 0.15) is 55.1 Å². The number of carbonyl (C=O) groups is 1. The lowest BCUT2D eigenvalue weighted by molar-refractivity contribution is 0.0912. The molecule has 0 radical (unpaired) electrons. The molecule has 2 aromatic heterocycles. The number of halogens is 1. The van der Waals surface area contributed by atoms with Crippen molar-refractivity contribution >= 4 is 17.2 Å². The highest BCUT2D eigenvalue weighted by molar-refractivity contribution is 6.07. The highest BCUT2D eigenvalue weighted by atomic mass is 19.1. The van der Waals surface area contributed by atoms with Gasteiger partial charge >= 0.3 is 0 Å². The van der Waals surface area contributed by atoms with Gasteiger partial charge in [-0.25, -0.2) is 4.39 Å². The fourth-order valence-electron chi connectivity index (χ4n) is 3.88. The number of benzene rings is 1. The van der Waals surface area contributed by atoms with Crippen molar-refractivity contribution in [3.63, 3.8) is 0 Å². The number of carbonyl (C=O) groups excluding carboxylic acids is 1. The van der Waals surface area contributed by atoms with Gasteiger partial charge in [0.25, 0.3) is 0 Å². The van der Waals surface area contributed by atoms with E-state index in [-0.39, 0.29) is 11.2 Å². The maximum atomic E-state index is 13.8.